The molecule has 2 aromatic rings. The summed E-state index contributed by atoms with van der Waals surface area (Å²) in [4.78, 5) is 26.4. The normalized spacial score (nSPS) is 19.8. The highest BCUT2D eigenvalue weighted by Crippen LogP contribution is 2.46. The van der Waals surface area contributed by atoms with Crippen molar-refractivity contribution in [1.82, 2.24) is 10.3 Å². The van der Waals surface area contributed by atoms with E-state index in [2.05, 4.69) is 10.3 Å². The minimum absolute atomic E-state index is 0.0460. The maximum Gasteiger partial charge on any atom is 0.416 e. The second-order valence-electron chi connectivity index (χ2n) is 5.89. The van der Waals surface area contributed by atoms with Gasteiger partial charge in [-0.25, -0.2) is 0 Å². The Morgan fingerprint density at radius 2 is 1.92 bits per heavy atom. The molecule has 0 aliphatic heterocycles. The molecule has 0 bridgehead atoms. The lowest BCUT2D eigenvalue weighted by Gasteiger charge is -2.12. The Balaban J connectivity index is 1.75. The summed E-state index contributed by atoms with van der Waals surface area (Å²) in [6.07, 6.45) is -4.01. The summed E-state index contributed by atoms with van der Waals surface area (Å²) in [5.74, 6) is -0.968. The predicted molar refractivity (Wildman–Crippen MR) is 81.9 cm³/mol. The molecule has 1 saturated carbocycles. The fourth-order valence-corrected chi connectivity index (χ4v) is 2.77. The highest BCUT2D eigenvalue weighted by molar-refractivity contribution is 5.94. The summed E-state index contributed by atoms with van der Waals surface area (Å²) in [5, 5.41) is 2.63. The molecule has 0 unspecified atom stereocenters. The summed E-state index contributed by atoms with van der Waals surface area (Å²) in [5.41, 5.74) is -0.441. The minimum atomic E-state index is -4.43. The zero-order valence-electron chi connectivity index (χ0n) is 12.8. The zero-order chi connectivity index (χ0) is 17.5. The number of carbonyl (C=O) groups is 1. The third kappa shape index (κ3) is 3.20. The number of H-pyrrole nitrogens is 1. The number of benzene rings is 1. The molecule has 1 aromatic heterocycles. The first kappa shape index (κ1) is 16.3. The summed E-state index contributed by atoms with van der Waals surface area (Å²) in [7, 11) is 0. The van der Waals surface area contributed by atoms with Crippen molar-refractivity contribution in [2.24, 2.45) is 0 Å². The molecule has 0 spiro atoms. The number of carbonyl (C=O) groups excluding carboxylic acids is 1. The van der Waals surface area contributed by atoms with E-state index in [1.165, 1.54) is 18.2 Å². The van der Waals surface area contributed by atoms with Crippen LogP contribution in [0.1, 0.15) is 39.5 Å². The summed E-state index contributed by atoms with van der Waals surface area (Å²) < 4.78 is 39.1. The van der Waals surface area contributed by atoms with E-state index in [0.717, 1.165) is 6.07 Å². The predicted octanol–water partition coefficient (Wildman–Crippen LogP) is 2.99. The molecular weight excluding hydrogens is 321 g/mol. The Morgan fingerprint density at radius 3 is 2.58 bits per heavy atom. The van der Waals surface area contributed by atoms with Gasteiger partial charge in [0.2, 0.25) is 0 Å². The number of aromatic amines is 1. The second-order valence-corrected chi connectivity index (χ2v) is 5.89. The number of amides is 1. The van der Waals surface area contributed by atoms with Crippen LogP contribution in [0.15, 0.2) is 41.2 Å². The molecule has 0 saturated heterocycles. The summed E-state index contributed by atoms with van der Waals surface area (Å²) in [6, 6.07) is 7.96. The van der Waals surface area contributed by atoms with Gasteiger partial charge in [0, 0.05) is 17.7 Å². The van der Waals surface area contributed by atoms with Crippen LogP contribution in [0, 0.1) is 6.92 Å². The minimum Gasteiger partial charge on any atom is -0.348 e. The van der Waals surface area contributed by atoms with Crippen LogP contribution in [0.2, 0.25) is 0 Å². The molecule has 2 N–H and O–H groups in total. The van der Waals surface area contributed by atoms with Crippen molar-refractivity contribution >= 4 is 5.91 Å². The first-order valence-corrected chi connectivity index (χ1v) is 7.44. The largest absolute Gasteiger partial charge is 0.416 e. The van der Waals surface area contributed by atoms with Crippen molar-refractivity contribution < 1.29 is 18.0 Å². The Bertz CT molecular complexity index is 842. The fraction of sp³-hybridized carbons (Fsp3) is 0.294. The Kier molecular flexibility index (Phi) is 3.95. The van der Waals surface area contributed by atoms with Crippen molar-refractivity contribution in [2.45, 2.75) is 31.5 Å². The van der Waals surface area contributed by atoms with Crippen LogP contribution in [0.5, 0.6) is 0 Å². The number of halogens is 3. The Hall–Kier alpha value is -2.57. The van der Waals surface area contributed by atoms with Crippen LogP contribution in [-0.4, -0.2) is 16.9 Å². The molecule has 4 nitrogen and oxygen atoms in total. The molecule has 1 fully saturated rings. The number of aryl methyl sites for hydroxylation is 1. The van der Waals surface area contributed by atoms with E-state index in [0.29, 0.717) is 12.1 Å². The molecule has 7 heteroatoms. The maximum atomic E-state index is 13.0. The van der Waals surface area contributed by atoms with E-state index in [1.54, 1.807) is 19.1 Å². The van der Waals surface area contributed by atoms with Gasteiger partial charge in [0.05, 0.1) is 5.56 Å². The van der Waals surface area contributed by atoms with Gasteiger partial charge in [0.25, 0.3) is 11.5 Å². The molecular formula is C17H15F3N2O2. The number of rotatable bonds is 3. The molecule has 1 amide bonds. The smallest absolute Gasteiger partial charge is 0.348 e. The highest BCUT2D eigenvalue weighted by Gasteiger charge is 2.45. The lowest BCUT2D eigenvalue weighted by molar-refractivity contribution is -0.138. The number of pyridine rings is 1. The topological polar surface area (TPSA) is 62.0 Å². The number of aromatic nitrogens is 1. The monoisotopic (exact) mass is 336 g/mol. The third-order valence-corrected chi connectivity index (χ3v) is 4.07. The zero-order valence-corrected chi connectivity index (χ0v) is 12.8. The van der Waals surface area contributed by atoms with Crippen LogP contribution >= 0.6 is 0 Å². The second kappa shape index (κ2) is 5.81. The number of hydrogen-bond donors (Lipinski definition) is 2. The third-order valence-electron chi connectivity index (χ3n) is 4.07. The average molecular weight is 336 g/mol. The lowest BCUT2D eigenvalue weighted by atomic mass is 10.0. The fourth-order valence-electron chi connectivity index (χ4n) is 2.77. The quantitative estimate of drug-likeness (QED) is 0.905. The number of nitrogens with one attached hydrogen (secondary N) is 2. The highest BCUT2D eigenvalue weighted by atomic mass is 19.4. The van der Waals surface area contributed by atoms with Gasteiger partial charge in [-0.1, -0.05) is 18.2 Å². The SMILES string of the molecule is Cc1ccc(C(=O)N[C@@H]2C[C@H]2c2ccccc2C(F)(F)F)c(=O)[nH]1. The Morgan fingerprint density at radius 1 is 1.21 bits per heavy atom. The Labute approximate surface area is 135 Å². The summed E-state index contributed by atoms with van der Waals surface area (Å²) >= 11 is 0. The first-order chi connectivity index (χ1) is 11.3. The van der Waals surface area contributed by atoms with Gasteiger partial charge in [-0.15, -0.1) is 0 Å². The molecule has 2 atom stereocenters. The van der Waals surface area contributed by atoms with Crippen LogP contribution in [0.3, 0.4) is 0 Å². The van der Waals surface area contributed by atoms with E-state index in [4.69, 9.17) is 0 Å². The molecule has 0 radical (unpaired) electrons. The maximum absolute atomic E-state index is 13.0. The van der Waals surface area contributed by atoms with E-state index in [9.17, 15) is 22.8 Å². The van der Waals surface area contributed by atoms with Crippen molar-refractivity contribution in [3.63, 3.8) is 0 Å². The van der Waals surface area contributed by atoms with Gasteiger partial charge < -0.3 is 10.3 Å². The van der Waals surface area contributed by atoms with E-state index >= 15 is 0 Å². The first-order valence-electron chi connectivity index (χ1n) is 7.44. The van der Waals surface area contributed by atoms with Crippen molar-refractivity contribution in [3.05, 3.63) is 69.1 Å². The van der Waals surface area contributed by atoms with Crippen molar-refractivity contribution in [3.8, 4) is 0 Å². The molecule has 1 aliphatic carbocycles. The molecule has 126 valence electrons. The standard InChI is InChI=1S/C17H15F3N2O2/c1-9-6-7-11(15(23)21-9)16(24)22-14-8-12(14)10-4-2-3-5-13(10)17(18,19)20/h2-7,12,14H,8H2,1H3,(H,21,23)(H,22,24)/t12-,14+/m0/s1. The molecule has 1 aromatic carbocycles. The van der Waals surface area contributed by atoms with Gasteiger partial charge >= 0.3 is 6.18 Å². The average Bonchev–Trinajstić information content (AvgIpc) is 3.25. The van der Waals surface area contributed by atoms with Gasteiger partial charge in [-0.2, -0.15) is 13.2 Å². The van der Waals surface area contributed by atoms with E-state index < -0.39 is 35.2 Å². The molecule has 1 heterocycles. The molecule has 24 heavy (non-hydrogen) atoms. The van der Waals surface area contributed by atoms with Gasteiger partial charge in [-0.3, -0.25) is 9.59 Å². The number of hydrogen-bond acceptors (Lipinski definition) is 2. The van der Waals surface area contributed by atoms with E-state index in [1.807, 2.05) is 0 Å². The van der Waals surface area contributed by atoms with Crippen LogP contribution in [0.25, 0.3) is 0 Å². The van der Waals surface area contributed by atoms with Crippen LogP contribution in [0.4, 0.5) is 13.2 Å². The summed E-state index contributed by atoms with van der Waals surface area (Å²) in [6.45, 7) is 1.69. The van der Waals surface area contributed by atoms with E-state index in [-0.39, 0.29) is 11.1 Å². The van der Waals surface area contributed by atoms with Gasteiger partial charge in [0.1, 0.15) is 5.56 Å². The van der Waals surface area contributed by atoms with Crippen LogP contribution < -0.4 is 10.9 Å². The lowest BCUT2D eigenvalue weighted by Crippen LogP contribution is -2.32. The number of alkyl halides is 3. The van der Waals surface area contributed by atoms with Crippen molar-refractivity contribution in [2.75, 3.05) is 0 Å². The molecule has 3 rings (SSSR count). The van der Waals surface area contributed by atoms with Crippen molar-refractivity contribution in [1.29, 1.82) is 0 Å². The van der Waals surface area contributed by atoms with Gasteiger partial charge in [0.15, 0.2) is 0 Å². The van der Waals surface area contributed by atoms with Gasteiger partial charge in [-0.05, 0) is 37.1 Å². The van der Waals surface area contributed by atoms with Crippen LogP contribution in [-0.2, 0) is 6.18 Å². The molecule has 1 aliphatic rings.